The Morgan fingerprint density at radius 2 is 2.15 bits per heavy atom. The molecule has 1 saturated heterocycles. The van der Waals surface area contributed by atoms with Crippen LogP contribution in [0.2, 0.25) is 0 Å². The monoisotopic (exact) mass is 341 g/mol. The highest BCUT2D eigenvalue weighted by molar-refractivity contribution is 9.10. The first kappa shape index (κ1) is 15.3. The summed E-state index contributed by atoms with van der Waals surface area (Å²) in [6, 6.07) is 5.46. The van der Waals surface area contributed by atoms with Crippen LogP contribution in [-0.4, -0.2) is 43.7 Å². The Hall–Kier alpha value is -1.07. The maximum Gasteiger partial charge on any atom is 0.257 e. The number of amides is 1. The molecule has 2 rings (SSSR count). The summed E-state index contributed by atoms with van der Waals surface area (Å²) in [5.74, 6) is 0.589. The summed E-state index contributed by atoms with van der Waals surface area (Å²) in [5, 5.41) is 0. The van der Waals surface area contributed by atoms with E-state index in [1.54, 1.807) is 20.3 Å². The van der Waals surface area contributed by atoms with Crippen molar-refractivity contribution in [3.63, 3.8) is 0 Å². The Morgan fingerprint density at radius 1 is 1.40 bits per heavy atom. The average molecular weight is 342 g/mol. The molecule has 1 aliphatic heterocycles. The molecule has 0 spiro atoms. The van der Waals surface area contributed by atoms with E-state index < -0.39 is 0 Å². The third kappa shape index (κ3) is 3.15. The molecule has 0 bridgehead atoms. The zero-order valence-corrected chi connectivity index (χ0v) is 13.7. The Morgan fingerprint density at radius 3 is 2.80 bits per heavy atom. The molecule has 0 aliphatic carbocycles. The van der Waals surface area contributed by atoms with Crippen molar-refractivity contribution in [2.75, 3.05) is 27.3 Å². The number of piperidine rings is 1. The molecule has 1 aromatic rings. The second kappa shape index (κ2) is 6.14. The molecule has 1 heterocycles. The van der Waals surface area contributed by atoms with Gasteiger partial charge < -0.3 is 14.4 Å². The lowest BCUT2D eigenvalue weighted by Crippen LogP contribution is -2.49. The fourth-order valence-electron chi connectivity index (χ4n) is 2.56. The van der Waals surface area contributed by atoms with Crippen LogP contribution in [0.5, 0.6) is 5.75 Å². The molecule has 0 N–H and O–H groups in total. The van der Waals surface area contributed by atoms with Gasteiger partial charge in [0.15, 0.2) is 0 Å². The number of ether oxygens (including phenoxy) is 2. The zero-order valence-electron chi connectivity index (χ0n) is 12.1. The SMILES string of the molecule is COc1cc(Br)ccc1C(=O)N1CCCC(C)(OC)C1. The fourth-order valence-corrected chi connectivity index (χ4v) is 2.90. The Balaban J connectivity index is 2.23. The van der Waals surface area contributed by atoms with E-state index >= 15 is 0 Å². The van der Waals surface area contributed by atoms with Gasteiger partial charge in [-0.1, -0.05) is 15.9 Å². The number of carbonyl (C=O) groups is 1. The molecule has 4 nitrogen and oxygen atoms in total. The lowest BCUT2D eigenvalue weighted by Gasteiger charge is -2.39. The van der Waals surface area contributed by atoms with Crippen LogP contribution in [0, 0.1) is 0 Å². The lowest BCUT2D eigenvalue weighted by atomic mass is 9.94. The molecule has 1 aromatic carbocycles. The van der Waals surface area contributed by atoms with E-state index in [1.807, 2.05) is 24.0 Å². The van der Waals surface area contributed by atoms with E-state index in [0.29, 0.717) is 17.9 Å². The summed E-state index contributed by atoms with van der Waals surface area (Å²) in [6.45, 7) is 3.42. The van der Waals surface area contributed by atoms with Gasteiger partial charge >= 0.3 is 0 Å². The van der Waals surface area contributed by atoms with Crippen molar-refractivity contribution in [1.82, 2.24) is 4.90 Å². The molecule has 0 saturated carbocycles. The van der Waals surface area contributed by atoms with Gasteiger partial charge in [0.1, 0.15) is 5.75 Å². The first-order valence-electron chi connectivity index (χ1n) is 6.67. The summed E-state index contributed by atoms with van der Waals surface area (Å²) in [6.07, 6.45) is 1.93. The number of rotatable bonds is 3. The van der Waals surface area contributed by atoms with Crippen LogP contribution in [0.25, 0.3) is 0 Å². The lowest BCUT2D eigenvalue weighted by molar-refractivity contribution is -0.0440. The van der Waals surface area contributed by atoms with Gasteiger partial charge in [0.2, 0.25) is 0 Å². The molecule has 110 valence electrons. The van der Waals surface area contributed by atoms with Crippen molar-refractivity contribution in [1.29, 1.82) is 0 Å². The number of hydrogen-bond acceptors (Lipinski definition) is 3. The Labute approximate surface area is 128 Å². The molecule has 1 fully saturated rings. The second-order valence-corrected chi connectivity index (χ2v) is 6.24. The molecule has 1 aliphatic rings. The van der Waals surface area contributed by atoms with Gasteiger partial charge in [-0.05, 0) is 38.0 Å². The third-order valence-corrected chi connectivity index (χ3v) is 4.33. The highest BCUT2D eigenvalue weighted by atomic mass is 79.9. The van der Waals surface area contributed by atoms with Crippen LogP contribution in [0.15, 0.2) is 22.7 Å². The highest BCUT2D eigenvalue weighted by Crippen LogP contribution is 2.28. The molecular weight excluding hydrogens is 322 g/mol. The van der Waals surface area contributed by atoms with E-state index in [1.165, 1.54) is 0 Å². The van der Waals surface area contributed by atoms with Gasteiger partial charge in [0.25, 0.3) is 5.91 Å². The number of methoxy groups -OCH3 is 2. The van der Waals surface area contributed by atoms with Gasteiger partial charge in [-0.2, -0.15) is 0 Å². The summed E-state index contributed by atoms with van der Waals surface area (Å²) >= 11 is 3.39. The topological polar surface area (TPSA) is 38.8 Å². The maximum atomic E-state index is 12.7. The smallest absolute Gasteiger partial charge is 0.257 e. The highest BCUT2D eigenvalue weighted by Gasteiger charge is 2.34. The quantitative estimate of drug-likeness (QED) is 0.847. The Kier molecular flexibility index (Phi) is 4.70. The predicted octanol–water partition coefficient (Wildman–Crippen LogP) is 3.10. The van der Waals surface area contributed by atoms with Crippen molar-refractivity contribution >= 4 is 21.8 Å². The Bertz CT molecular complexity index is 506. The third-order valence-electron chi connectivity index (χ3n) is 3.83. The van der Waals surface area contributed by atoms with Crippen LogP contribution in [0.4, 0.5) is 0 Å². The van der Waals surface area contributed by atoms with Crippen LogP contribution < -0.4 is 4.74 Å². The van der Waals surface area contributed by atoms with Gasteiger partial charge in [-0.25, -0.2) is 0 Å². The molecule has 20 heavy (non-hydrogen) atoms. The summed E-state index contributed by atoms with van der Waals surface area (Å²) in [5.41, 5.74) is 0.340. The summed E-state index contributed by atoms with van der Waals surface area (Å²) in [7, 11) is 3.28. The van der Waals surface area contributed by atoms with Crippen molar-refractivity contribution in [3.05, 3.63) is 28.2 Å². The fraction of sp³-hybridized carbons (Fsp3) is 0.533. The molecule has 5 heteroatoms. The van der Waals surface area contributed by atoms with E-state index in [0.717, 1.165) is 23.9 Å². The molecule has 0 radical (unpaired) electrons. The van der Waals surface area contributed by atoms with Crippen molar-refractivity contribution in [2.45, 2.75) is 25.4 Å². The minimum absolute atomic E-state index is 0.00248. The van der Waals surface area contributed by atoms with Gasteiger partial charge in [-0.15, -0.1) is 0 Å². The minimum Gasteiger partial charge on any atom is -0.496 e. The minimum atomic E-state index is -0.253. The van der Waals surface area contributed by atoms with Crippen LogP contribution >= 0.6 is 15.9 Å². The number of likely N-dealkylation sites (tertiary alicyclic amines) is 1. The van der Waals surface area contributed by atoms with Gasteiger partial charge in [0, 0.05) is 24.7 Å². The van der Waals surface area contributed by atoms with Crippen molar-refractivity contribution in [3.8, 4) is 5.75 Å². The maximum absolute atomic E-state index is 12.7. The van der Waals surface area contributed by atoms with E-state index in [-0.39, 0.29) is 11.5 Å². The number of hydrogen-bond donors (Lipinski definition) is 0. The molecule has 0 aromatic heterocycles. The van der Waals surface area contributed by atoms with Gasteiger partial charge in [-0.3, -0.25) is 4.79 Å². The summed E-state index contributed by atoms with van der Waals surface area (Å²) in [4.78, 5) is 14.5. The van der Waals surface area contributed by atoms with Crippen LogP contribution in [0.3, 0.4) is 0 Å². The number of nitrogens with zero attached hydrogens (tertiary/aromatic N) is 1. The van der Waals surface area contributed by atoms with E-state index in [9.17, 15) is 4.79 Å². The largest absolute Gasteiger partial charge is 0.496 e. The predicted molar refractivity (Wildman–Crippen MR) is 81.2 cm³/mol. The molecule has 1 atom stereocenters. The first-order valence-corrected chi connectivity index (χ1v) is 7.46. The summed E-state index contributed by atoms with van der Waals surface area (Å²) < 4.78 is 11.7. The van der Waals surface area contributed by atoms with Crippen molar-refractivity contribution < 1.29 is 14.3 Å². The van der Waals surface area contributed by atoms with Crippen LogP contribution in [-0.2, 0) is 4.74 Å². The standard InChI is InChI=1S/C15H20BrNO3/c1-15(20-3)7-4-8-17(10-15)14(18)12-6-5-11(16)9-13(12)19-2/h5-6,9H,4,7-8,10H2,1-3H3. The molecule has 1 amide bonds. The molecular formula is C15H20BrNO3. The zero-order chi connectivity index (χ0) is 14.8. The molecule has 1 unspecified atom stereocenters. The average Bonchev–Trinajstić information content (AvgIpc) is 2.46. The van der Waals surface area contributed by atoms with E-state index in [2.05, 4.69) is 15.9 Å². The first-order chi connectivity index (χ1) is 9.49. The number of carbonyl (C=O) groups excluding carboxylic acids is 1. The second-order valence-electron chi connectivity index (χ2n) is 5.33. The van der Waals surface area contributed by atoms with Gasteiger partial charge in [0.05, 0.1) is 18.3 Å². The number of halogens is 1. The number of benzene rings is 1. The van der Waals surface area contributed by atoms with Crippen LogP contribution in [0.1, 0.15) is 30.1 Å². The van der Waals surface area contributed by atoms with E-state index in [4.69, 9.17) is 9.47 Å². The van der Waals surface area contributed by atoms with Crippen molar-refractivity contribution in [2.24, 2.45) is 0 Å². The normalized spacial score (nSPS) is 22.7.